The number of benzene rings is 3. The lowest BCUT2D eigenvalue weighted by Gasteiger charge is -2.20. The number of fused-ring (bicyclic) bond motifs is 1. The van der Waals surface area contributed by atoms with E-state index in [-0.39, 0.29) is 23.0 Å². The summed E-state index contributed by atoms with van der Waals surface area (Å²) in [5.41, 5.74) is 1.89. The number of nitrogens with one attached hydrogen (secondary N) is 2. The number of carbonyl (C=O) groups excluding carboxylic acids is 1. The maximum Gasteiger partial charge on any atom is 0.315 e. The molecule has 28 heavy (non-hydrogen) atoms. The number of hydrogen-bond acceptors (Lipinski definition) is 3. The van der Waals surface area contributed by atoms with E-state index in [1.165, 1.54) is 6.26 Å². The summed E-state index contributed by atoms with van der Waals surface area (Å²) in [6.45, 7) is 3.81. The second-order valence-corrected chi connectivity index (χ2v) is 8.99. The van der Waals surface area contributed by atoms with Gasteiger partial charge < -0.3 is 10.6 Å². The molecule has 5 nitrogen and oxygen atoms in total. The van der Waals surface area contributed by atoms with Gasteiger partial charge in [-0.3, -0.25) is 0 Å². The Morgan fingerprint density at radius 3 is 2.11 bits per heavy atom. The van der Waals surface area contributed by atoms with Crippen molar-refractivity contribution >= 4 is 26.6 Å². The average Bonchev–Trinajstić information content (AvgIpc) is 2.66. The van der Waals surface area contributed by atoms with Crippen molar-refractivity contribution < 1.29 is 13.2 Å². The van der Waals surface area contributed by atoms with Gasteiger partial charge >= 0.3 is 6.03 Å². The normalized spacial score (nSPS) is 13.7. The predicted molar refractivity (Wildman–Crippen MR) is 112 cm³/mol. The summed E-state index contributed by atoms with van der Waals surface area (Å²) < 4.78 is 23.1. The first-order chi connectivity index (χ1) is 13.3. The third-order valence-electron chi connectivity index (χ3n) is 4.79. The maximum absolute atomic E-state index is 12.5. The maximum atomic E-state index is 12.5. The van der Waals surface area contributed by atoms with Crippen LogP contribution in [0.25, 0.3) is 10.8 Å². The highest BCUT2D eigenvalue weighted by atomic mass is 32.2. The zero-order valence-corrected chi connectivity index (χ0v) is 17.0. The van der Waals surface area contributed by atoms with E-state index in [9.17, 15) is 13.2 Å². The molecule has 146 valence electrons. The lowest BCUT2D eigenvalue weighted by molar-refractivity contribution is 0.235. The highest BCUT2D eigenvalue weighted by molar-refractivity contribution is 7.90. The highest BCUT2D eigenvalue weighted by Crippen LogP contribution is 2.24. The quantitative estimate of drug-likeness (QED) is 0.673. The summed E-state index contributed by atoms with van der Waals surface area (Å²) in [6.07, 6.45) is 1.17. The van der Waals surface area contributed by atoms with Gasteiger partial charge in [-0.15, -0.1) is 0 Å². The molecule has 3 rings (SSSR count). The number of carbonyl (C=O) groups is 1. The second kappa shape index (κ2) is 8.02. The fraction of sp³-hybridized carbons (Fsp3) is 0.227. The molecule has 6 heteroatoms. The van der Waals surface area contributed by atoms with Crippen LogP contribution in [0.5, 0.6) is 0 Å². The first kappa shape index (κ1) is 19.9. The minimum atomic E-state index is -3.23. The van der Waals surface area contributed by atoms with Crippen LogP contribution in [0.1, 0.15) is 37.1 Å². The molecule has 3 aromatic rings. The molecule has 0 aliphatic carbocycles. The van der Waals surface area contributed by atoms with Crippen LogP contribution in [0.15, 0.2) is 71.6 Å². The van der Waals surface area contributed by atoms with Gasteiger partial charge in [-0.05, 0) is 47.9 Å². The van der Waals surface area contributed by atoms with E-state index < -0.39 is 9.84 Å². The van der Waals surface area contributed by atoms with Crippen molar-refractivity contribution in [3.63, 3.8) is 0 Å². The number of hydrogen-bond donors (Lipinski definition) is 2. The molecule has 2 atom stereocenters. The van der Waals surface area contributed by atoms with Crippen molar-refractivity contribution in [2.24, 2.45) is 0 Å². The predicted octanol–water partition coefficient (Wildman–Crippen LogP) is 4.36. The minimum absolute atomic E-state index is 0.161. The first-order valence-electron chi connectivity index (χ1n) is 9.10. The van der Waals surface area contributed by atoms with Crippen molar-refractivity contribution in [1.82, 2.24) is 10.6 Å². The Labute approximate surface area is 165 Å². The van der Waals surface area contributed by atoms with Crippen molar-refractivity contribution in [2.75, 3.05) is 6.26 Å². The molecule has 2 unspecified atom stereocenters. The van der Waals surface area contributed by atoms with Gasteiger partial charge in [0.1, 0.15) is 0 Å². The van der Waals surface area contributed by atoms with Crippen LogP contribution in [-0.2, 0) is 9.84 Å². The van der Waals surface area contributed by atoms with Crippen LogP contribution < -0.4 is 10.6 Å². The molecule has 2 N–H and O–H groups in total. The fourth-order valence-corrected chi connectivity index (χ4v) is 3.86. The summed E-state index contributed by atoms with van der Waals surface area (Å²) in [5, 5.41) is 8.13. The van der Waals surface area contributed by atoms with E-state index in [0.717, 1.165) is 21.9 Å². The summed E-state index contributed by atoms with van der Waals surface area (Å²) >= 11 is 0. The van der Waals surface area contributed by atoms with Crippen molar-refractivity contribution in [1.29, 1.82) is 0 Å². The molecular weight excluding hydrogens is 372 g/mol. The third kappa shape index (κ3) is 4.51. The molecule has 0 heterocycles. The van der Waals surface area contributed by atoms with E-state index in [1.54, 1.807) is 24.3 Å². The van der Waals surface area contributed by atoms with Crippen molar-refractivity contribution in [3.05, 3.63) is 77.9 Å². The van der Waals surface area contributed by atoms with Crippen LogP contribution in [0.2, 0.25) is 0 Å². The summed E-state index contributed by atoms with van der Waals surface area (Å²) in [6, 6.07) is 20.0. The summed E-state index contributed by atoms with van der Waals surface area (Å²) in [5.74, 6) is 0. The van der Waals surface area contributed by atoms with E-state index in [0.29, 0.717) is 0 Å². The molecule has 0 radical (unpaired) electrons. The van der Waals surface area contributed by atoms with Crippen molar-refractivity contribution in [3.8, 4) is 0 Å². The molecule has 0 saturated heterocycles. The molecule has 0 fully saturated rings. The largest absolute Gasteiger partial charge is 0.332 e. The minimum Gasteiger partial charge on any atom is -0.332 e. The fourth-order valence-electron chi connectivity index (χ4n) is 3.23. The topological polar surface area (TPSA) is 75.3 Å². The number of amides is 2. The Kier molecular flexibility index (Phi) is 5.70. The van der Waals surface area contributed by atoms with Crippen LogP contribution in [0.3, 0.4) is 0 Å². The van der Waals surface area contributed by atoms with E-state index in [1.807, 2.05) is 56.3 Å². The van der Waals surface area contributed by atoms with E-state index in [4.69, 9.17) is 0 Å². The van der Waals surface area contributed by atoms with E-state index >= 15 is 0 Å². The number of urea groups is 1. The Morgan fingerprint density at radius 1 is 0.821 bits per heavy atom. The van der Waals surface area contributed by atoms with Gasteiger partial charge in [-0.2, -0.15) is 0 Å². The average molecular weight is 397 g/mol. The molecule has 0 bridgehead atoms. The smallest absolute Gasteiger partial charge is 0.315 e. The van der Waals surface area contributed by atoms with Gasteiger partial charge in [0, 0.05) is 6.26 Å². The van der Waals surface area contributed by atoms with Gasteiger partial charge in [-0.1, -0.05) is 54.6 Å². The Balaban J connectivity index is 1.67. The molecule has 0 spiro atoms. The molecule has 0 saturated carbocycles. The number of rotatable bonds is 5. The standard InChI is InChI=1S/C22H24N2O3S/c1-15(17-11-13-19(14-12-17)28(3,26)27)23-22(25)24-16(2)20-10-6-8-18-7-4-5-9-21(18)20/h4-16H,1-3H3,(H2,23,24,25). The van der Waals surface area contributed by atoms with Gasteiger partial charge in [0.25, 0.3) is 0 Å². The van der Waals surface area contributed by atoms with Crippen LogP contribution >= 0.6 is 0 Å². The van der Waals surface area contributed by atoms with Crippen LogP contribution in [-0.4, -0.2) is 20.7 Å². The zero-order chi connectivity index (χ0) is 20.3. The van der Waals surface area contributed by atoms with E-state index in [2.05, 4.69) is 10.6 Å². The van der Waals surface area contributed by atoms with Crippen LogP contribution in [0, 0.1) is 0 Å². The lowest BCUT2D eigenvalue weighted by Crippen LogP contribution is -2.38. The van der Waals surface area contributed by atoms with Crippen molar-refractivity contribution in [2.45, 2.75) is 30.8 Å². The van der Waals surface area contributed by atoms with Crippen LogP contribution in [0.4, 0.5) is 4.79 Å². The summed E-state index contributed by atoms with van der Waals surface area (Å²) in [4.78, 5) is 12.7. The van der Waals surface area contributed by atoms with Gasteiger partial charge in [0.15, 0.2) is 9.84 Å². The summed E-state index contributed by atoms with van der Waals surface area (Å²) in [7, 11) is -3.23. The zero-order valence-electron chi connectivity index (χ0n) is 16.1. The molecule has 2 amide bonds. The Morgan fingerprint density at radius 2 is 1.43 bits per heavy atom. The SMILES string of the molecule is CC(NC(=O)NC(C)c1cccc2ccccc12)c1ccc(S(C)(=O)=O)cc1. The Hall–Kier alpha value is -2.86. The first-order valence-corrected chi connectivity index (χ1v) is 11.0. The van der Waals surface area contributed by atoms with Gasteiger partial charge in [0.05, 0.1) is 17.0 Å². The number of sulfone groups is 1. The third-order valence-corrected chi connectivity index (χ3v) is 5.92. The molecule has 3 aromatic carbocycles. The lowest BCUT2D eigenvalue weighted by atomic mass is 10.00. The molecule has 0 aliphatic heterocycles. The van der Waals surface area contributed by atoms with Gasteiger partial charge in [0.2, 0.25) is 0 Å². The highest BCUT2D eigenvalue weighted by Gasteiger charge is 2.15. The molecule has 0 aromatic heterocycles. The Bertz CT molecular complexity index is 1090. The monoisotopic (exact) mass is 396 g/mol. The molecule has 0 aliphatic rings. The second-order valence-electron chi connectivity index (χ2n) is 6.97. The molecular formula is C22H24N2O3S. The van der Waals surface area contributed by atoms with Gasteiger partial charge in [-0.25, -0.2) is 13.2 Å².